The van der Waals surface area contributed by atoms with Gasteiger partial charge in [0, 0.05) is 18.0 Å². The number of fused-ring (bicyclic) bond motifs is 1. The molecule has 4 heteroatoms. The van der Waals surface area contributed by atoms with Gasteiger partial charge in [-0.25, -0.2) is 0 Å². The Labute approximate surface area is 93.8 Å². The van der Waals surface area contributed by atoms with E-state index in [0.717, 1.165) is 16.5 Å². The number of amides is 1. The van der Waals surface area contributed by atoms with Crippen LogP contribution in [0.5, 0.6) is 0 Å². The van der Waals surface area contributed by atoms with Crippen LogP contribution in [-0.2, 0) is 13.5 Å². The quantitative estimate of drug-likeness (QED) is 0.787. The Balaban J connectivity index is 2.80. The molecule has 0 saturated carbocycles. The van der Waals surface area contributed by atoms with E-state index >= 15 is 0 Å². The zero-order valence-electron chi connectivity index (χ0n) is 9.16. The summed E-state index contributed by atoms with van der Waals surface area (Å²) in [4.78, 5) is 11.4. The third kappa shape index (κ3) is 1.47. The predicted octanol–water partition coefficient (Wildman–Crippen LogP) is 0.579. The van der Waals surface area contributed by atoms with Crippen molar-refractivity contribution in [1.82, 2.24) is 4.57 Å². The van der Waals surface area contributed by atoms with E-state index < -0.39 is 5.91 Å². The van der Waals surface area contributed by atoms with E-state index in [4.69, 9.17) is 11.5 Å². The van der Waals surface area contributed by atoms with Crippen molar-refractivity contribution in [3.8, 4) is 0 Å². The lowest BCUT2D eigenvalue weighted by atomic mass is 10.1. The fourth-order valence-corrected chi connectivity index (χ4v) is 2.12. The lowest BCUT2D eigenvalue weighted by Gasteiger charge is -2.02. The number of nitrogens with two attached hydrogens (primary N) is 2. The molecule has 1 radical (unpaired) electrons. The first-order valence-electron chi connectivity index (χ1n) is 5.14. The molecule has 0 aliphatic heterocycles. The van der Waals surface area contributed by atoms with Gasteiger partial charge in [0.25, 0.3) is 5.91 Å². The van der Waals surface area contributed by atoms with Crippen molar-refractivity contribution in [2.24, 2.45) is 18.5 Å². The van der Waals surface area contributed by atoms with Crippen molar-refractivity contribution in [3.63, 3.8) is 0 Å². The van der Waals surface area contributed by atoms with Crippen LogP contribution in [0.15, 0.2) is 18.2 Å². The minimum absolute atomic E-state index is 0.415. The number of aryl methyl sites for hydroxylation is 1. The Morgan fingerprint density at radius 1 is 1.56 bits per heavy atom. The minimum Gasteiger partial charge on any atom is -0.364 e. The van der Waals surface area contributed by atoms with Crippen LogP contribution in [0.2, 0.25) is 0 Å². The topological polar surface area (TPSA) is 74.0 Å². The standard InChI is InChI=1S/C12H14N3O/c1-15-10-5-3-2-4-8(10)9(6-7-13)11(15)12(14)16/h3-5H,6-7,13H2,1H3,(H2,14,16). The molecule has 16 heavy (non-hydrogen) atoms. The van der Waals surface area contributed by atoms with Gasteiger partial charge in [-0.3, -0.25) is 4.79 Å². The number of benzene rings is 1. The first kappa shape index (κ1) is 10.7. The van der Waals surface area contributed by atoms with Gasteiger partial charge in [-0.2, -0.15) is 0 Å². The molecule has 0 aliphatic carbocycles. The minimum atomic E-state index is -0.415. The molecule has 0 atom stereocenters. The molecular formula is C12H14N3O. The summed E-state index contributed by atoms with van der Waals surface area (Å²) in [5.74, 6) is -0.415. The highest BCUT2D eigenvalue weighted by molar-refractivity contribution is 6.00. The zero-order valence-corrected chi connectivity index (χ0v) is 9.16. The van der Waals surface area contributed by atoms with E-state index in [2.05, 4.69) is 6.07 Å². The normalized spacial score (nSPS) is 10.9. The average molecular weight is 216 g/mol. The molecule has 1 aromatic carbocycles. The number of carbonyl (C=O) groups is 1. The van der Waals surface area contributed by atoms with Gasteiger partial charge in [0.15, 0.2) is 0 Å². The van der Waals surface area contributed by atoms with E-state index in [-0.39, 0.29) is 0 Å². The van der Waals surface area contributed by atoms with E-state index in [0.29, 0.717) is 18.7 Å². The van der Waals surface area contributed by atoms with Gasteiger partial charge in [0.1, 0.15) is 5.69 Å². The van der Waals surface area contributed by atoms with Crippen LogP contribution in [0, 0.1) is 6.07 Å². The van der Waals surface area contributed by atoms with Crippen molar-refractivity contribution in [2.75, 3.05) is 6.54 Å². The van der Waals surface area contributed by atoms with Crippen molar-refractivity contribution in [2.45, 2.75) is 6.42 Å². The van der Waals surface area contributed by atoms with Gasteiger partial charge in [-0.15, -0.1) is 0 Å². The molecule has 0 saturated heterocycles. The molecular weight excluding hydrogens is 202 g/mol. The number of aromatic nitrogens is 1. The average Bonchev–Trinajstić information content (AvgIpc) is 2.54. The number of hydrogen-bond donors (Lipinski definition) is 2. The molecule has 2 aromatic rings. The van der Waals surface area contributed by atoms with Crippen LogP contribution in [0.25, 0.3) is 10.9 Å². The highest BCUT2D eigenvalue weighted by Gasteiger charge is 2.17. The largest absolute Gasteiger partial charge is 0.364 e. The smallest absolute Gasteiger partial charge is 0.265 e. The Kier molecular flexibility index (Phi) is 2.66. The van der Waals surface area contributed by atoms with Gasteiger partial charge in [-0.1, -0.05) is 6.07 Å². The Hall–Kier alpha value is -1.81. The fraction of sp³-hybridized carbons (Fsp3) is 0.250. The Morgan fingerprint density at radius 2 is 2.31 bits per heavy atom. The van der Waals surface area contributed by atoms with Crippen LogP contribution in [0.1, 0.15) is 16.1 Å². The van der Waals surface area contributed by atoms with Crippen molar-refractivity contribution >= 4 is 16.8 Å². The molecule has 0 spiro atoms. The third-order valence-corrected chi connectivity index (χ3v) is 2.78. The van der Waals surface area contributed by atoms with Gasteiger partial charge in [0.2, 0.25) is 0 Å². The Morgan fingerprint density at radius 3 is 2.94 bits per heavy atom. The number of hydrogen-bond acceptors (Lipinski definition) is 2. The molecule has 0 fully saturated rings. The number of primary amides is 1. The second-order valence-electron chi connectivity index (χ2n) is 3.73. The van der Waals surface area contributed by atoms with Crippen molar-refractivity contribution < 1.29 is 4.79 Å². The molecule has 0 aliphatic rings. The third-order valence-electron chi connectivity index (χ3n) is 2.78. The molecule has 1 heterocycles. The van der Waals surface area contributed by atoms with Crippen LogP contribution in [0.4, 0.5) is 0 Å². The molecule has 1 aromatic heterocycles. The summed E-state index contributed by atoms with van der Waals surface area (Å²) < 4.78 is 1.82. The lowest BCUT2D eigenvalue weighted by Crippen LogP contribution is -2.18. The zero-order chi connectivity index (χ0) is 11.7. The van der Waals surface area contributed by atoms with Crippen LogP contribution in [-0.4, -0.2) is 17.0 Å². The fourth-order valence-electron chi connectivity index (χ4n) is 2.12. The van der Waals surface area contributed by atoms with Crippen LogP contribution >= 0.6 is 0 Å². The van der Waals surface area contributed by atoms with Crippen LogP contribution < -0.4 is 11.5 Å². The monoisotopic (exact) mass is 216 g/mol. The maximum absolute atomic E-state index is 11.4. The van der Waals surface area contributed by atoms with E-state index in [1.54, 1.807) is 0 Å². The summed E-state index contributed by atoms with van der Waals surface area (Å²) in [5.41, 5.74) is 13.4. The van der Waals surface area contributed by atoms with E-state index in [1.165, 1.54) is 0 Å². The predicted molar refractivity (Wildman–Crippen MR) is 63.0 cm³/mol. The van der Waals surface area contributed by atoms with Gasteiger partial charge < -0.3 is 16.0 Å². The molecule has 1 amide bonds. The summed E-state index contributed by atoms with van der Waals surface area (Å²) in [6, 6.07) is 8.61. The van der Waals surface area contributed by atoms with Crippen molar-refractivity contribution in [3.05, 3.63) is 35.5 Å². The first-order valence-corrected chi connectivity index (χ1v) is 5.14. The van der Waals surface area contributed by atoms with Crippen LogP contribution in [0.3, 0.4) is 0 Å². The summed E-state index contributed by atoms with van der Waals surface area (Å²) in [6.45, 7) is 0.494. The number of rotatable bonds is 3. The summed E-state index contributed by atoms with van der Waals surface area (Å²) in [5, 5.41) is 1.00. The lowest BCUT2D eigenvalue weighted by molar-refractivity contribution is 0.0992. The Bertz CT molecular complexity index is 542. The SMILES string of the molecule is Cn1c(C(N)=O)c(CCN)c2c[c]ccc21. The molecule has 4 N–H and O–H groups in total. The van der Waals surface area contributed by atoms with Gasteiger partial charge in [0.05, 0.1) is 0 Å². The maximum Gasteiger partial charge on any atom is 0.265 e. The second-order valence-corrected chi connectivity index (χ2v) is 3.73. The molecule has 0 bridgehead atoms. The van der Waals surface area contributed by atoms with Gasteiger partial charge in [-0.05, 0) is 36.7 Å². The molecule has 2 rings (SSSR count). The van der Waals surface area contributed by atoms with Crippen molar-refractivity contribution in [1.29, 1.82) is 0 Å². The highest BCUT2D eigenvalue weighted by atomic mass is 16.1. The molecule has 4 nitrogen and oxygen atoms in total. The number of nitrogens with zero attached hydrogens (tertiary/aromatic N) is 1. The number of carbonyl (C=O) groups excluding carboxylic acids is 1. The summed E-state index contributed by atoms with van der Waals surface area (Å²) in [7, 11) is 1.84. The first-order chi connectivity index (χ1) is 7.66. The second kappa shape index (κ2) is 3.98. The maximum atomic E-state index is 11.4. The highest BCUT2D eigenvalue weighted by Crippen LogP contribution is 2.24. The summed E-state index contributed by atoms with van der Waals surface area (Å²) in [6.07, 6.45) is 0.646. The summed E-state index contributed by atoms with van der Waals surface area (Å²) >= 11 is 0. The molecule has 0 unspecified atom stereocenters. The van der Waals surface area contributed by atoms with E-state index in [1.807, 2.05) is 29.8 Å². The van der Waals surface area contributed by atoms with E-state index in [9.17, 15) is 4.79 Å². The molecule has 83 valence electrons. The van der Waals surface area contributed by atoms with Gasteiger partial charge >= 0.3 is 0 Å².